The van der Waals surface area contributed by atoms with Crippen LogP contribution in [0.4, 0.5) is 0 Å². The smallest absolute Gasteiger partial charge is 0.0719 e. The summed E-state index contributed by atoms with van der Waals surface area (Å²) >= 11 is 0. The van der Waals surface area contributed by atoms with E-state index in [9.17, 15) is 0 Å². The van der Waals surface area contributed by atoms with E-state index in [0.29, 0.717) is 0 Å². The predicted octanol–water partition coefficient (Wildman–Crippen LogP) is 14.6. The maximum atomic E-state index is 4.10. The van der Waals surface area contributed by atoms with Crippen LogP contribution in [0.2, 0.25) is 0 Å². The Morgan fingerprint density at radius 2 is 1.02 bits per heavy atom. The van der Waals surface area contributed by atoms with E-state index in [0.717, 1.165) is 11.4 Å². The van der Waals surface area contributed by atoms with Crippen LogP contribution in [0.3, 0.4) is 0 Å². The third-order valence-corrected chi connectivity index (χ3v) is 13.2. The second-order valence-electron chi connectivity index (χ2n) is 17.8. The molecule has 11 rings (SSSR count). The summed E-state index contributed by atoms with van der Waals surface area (Å²) in [6, 6.07) is 66.3. The molecule has 8 aromatic carbocycles. The van der Waals surface area contributed by atoms with E-state index in [2.05, 4.69) is 216 Å². The van der Waals surface area contributed by atoms with Crippen LogP contribution in [-0.2, 0) is 16.2 Å². The minimum Gasteiger partial charge on any atom is -0.354 e. The second kappa shape index (κ2) is 12.0. The average Bonchev–Trinajstić information content (AvgIpc) is 3.81. The lowest BCUT2D eigenvalue weighted by Crippen LogP contribution is -2.41. The van der Waals surface area contributed by atoms with Gasteiger partial charge in [0.05, 0.1) is 11.1 Å². The lowest BCUT2D eigenvalue weighted by Gasteiger charge is -2.47. The minimum atomic E-state index is -0.451. The maximum absolute atomic E-state index is 4.10. The summed E-state index contributed by atoms with van der Waals surface area (Å²) in [6.07, 6.45) is 0. The predicted molar refractivity (Wildman–Crippen MR) is 240 cm³/mol. The molecule has 57 heavy (non-hydrogen) atoms. The molecule has 1 N–H and O–H groups in total. The summed E-state index contributed by atoms with van der Waals surface area (Å²) in [6.45, 7) is 11.8. The van der Waals surface area contributed by atoms with Crippen LogP contribution >= 0.6 is 0 Å². The first-order valence-corrected chi connectivity index (χ1v) is 20.4. The fraction of sp³-hybridized carbons (Fsp3) is 0.143. The molecular weight excluding hydrogens is 687 g/mol. The van der Waals surface area contributed by atoms with Gasteiger partial charge in [0, 0.05) is 22.2 Å². The molecule has 1 heterocycles. The number of fused-ring (bicyclic) bond motifs is 12. The number of benzene rings is 8. The molecule has 2 aliphatic carbocycles. The number of rotatable bonds is 3. The minimum absolute atomic E-state index is 0.0175. The van der Waals surface area contributed by atoms with Gasteiger partial charge in [-0.3, -0.25) is 0 Å². The van der Waals surface area contributed by atoms with Crippen molar-refractivity contribution in [3.63, 3.8) is 0 Å². The van der Waals surface area contributed by atoms with Crippen LogP contribution in [-0.4, -0.2) is 4.98 Å². The van der Waals surface area contributed by atoms with Crippen molar-refractivity contribution in [2.75, 3.05) is 0 Å². The monoisotopic (exact) mass is 731 g/mol. The molecule has 1 nitrogen and oxygen atoms in total. The van der Waals surface area contributed by atoms with E-state index >= 15 is 0 Å². The Bertz CT molecular complexity index is 3040. The maximum Gasteiger partial charge on any atom is 0.0719 e. The van der Waals surface area contributed by atoms with Gasteiger partial charge in [-0.1, -0.05) is 198 Å². The van der Waals surface area contributed by atoms with E-state index in [1.54, 1.807) is 0 Å². The van der Waals surface area contributed by atoms with Crippen molar-refractivity contribution in [3.05, 3.63) is 215 Å². The Morgan fingerprint density at radius 1 is 0.421 bits per heavy atom. The molecule has 9 aromatic rings. The molecule has 274 valence electrons. The van der Waals surface area contributed by atoms with Crippen LogP contribution < -0.4 is 0 Å². The second-order valence-corrected chi connectivity index (χ2v) is 17.8. The molecular formula is C56H45N. The first-order chi connectivity index (χ1) is 27.7. The topological polar surface area (TPSA) is 15.8 Å². The van der Waals surface area contributed by atoms with Crippen LogP contribution in [0, 0.1) is 0 Å². The molecule has 0 fully saturated rings. The van der Waals surface area contributed by atoms with Crippen molar-refractivity contribution in [2.24, 2.45) is 0 Å². The molecule has 1 spiro atoms. The van der Waals surface area contributed by atoms with Crippen molar-refractivity contribution < 1.29 is 0 Å². The van der Waals surface area contributed by atoms with Gasteiger partial charge in [0.2, 0.25) is 0 Å². The van der Waals surface area contributed by atoms with Gasteiger partial charge in [-0.05, 0) is 100 Å². The van der Waals surface area contributed by atoms with Crippen molar-refractivity contribution in [1.29, 1.82) is 0 Å². The zero-order chi connectivity index (χ0) is 38.7. The Balaban J connectivity index is 1.21. The van der Waals surface area contributed by atoms with Gasteiger partial charge in [0.1, 0.15) is 0 Å². The van der Waals surface area contributed by atoms with Gasteiger partial charge in [-0.25, -0.2) is 0 Å². The largest absolute Gasteiger partial charge is 0.354 e. The lowest BCUT2D eigenvalue weighted by molar-refractivity contribution is 0.565. The molecule has 0 aliphatic heterocycles. The van der Waals surface area contributed by atoms with Gasteiger partial charge >= 0.3 is 0 Å². The first kappa shape index (κ1) is 33.9. The average molecular weight is 732 g/mol. The number of hydrogen-bond acceptors (Lipinski definition) is 0. The molecule has 0 saturated carbocycles. The van der Waals surface area contributed by atoms with E-state index in [1.165, 1.54) is 93.9 Å². The van der Waals surface area contributed by atoms with Crippen LogP contribution in [0.15, 0.2) is 176 Å². The summed E-state index contributed by atoms with van der Waals surface area (Å²) in [5.74, 6) is 0. The molecule has 0 saturated heterocycles. The van der Waals surface area contributed by atoms with Crippen molar-refractivity contribution >= 4 is 21.5 Å². The number of aromatic nitrogens is 1. The summed E-state index contributed by atoms with van der Waals surface area (Å²) in [5, 5.41) is 5.08. The van der Waals surface area contributed by atoms with Crippen LogP contribution in [0.25, 0.3) is 66.3 Å². The molecule has 0 bridgehead atoms. The van der Waals surface area contributed by atoms with Crippen LogP contribution in [0.5, 0.6) is 0 Å². The van der Waals surface area contributed by atoms with Gasteiger partial charge in [-0.2, -0.15) is 0 Å². The van der Waals surface area contributed by atoms with Gasteiger partial charge in [0.15, 0.2) is 0 Å². The molecule has 0 unspecified atom stereocenters. The third-order valence-electron chi connectivity index (χ3n) is 13.2. The standard InChI is InChI=1S/C56H45N/c1-54(2,3)39-18-14-17-36(33-39)45-34-51(38-30-31-41-37(32-38)29-28-35-16-6-7-19-40(35)41)57-53(45)44-22-15-27-50-52(44)55(4,5)48-25-12-13-26-49(48)56(50)46-23-10-8-20-42(46)43-21-9-11-24-47(43)56/h6-34,57H,1-5H3. The Labute approximate surface area is 335 Å². The quantitative estimate of drug-likeness (QED) is 0.174. The molecule has 2 aliphatic rings. The van der Waals surface area contributed by atoms with E-state index in [1.807, 2.05) is 0 Å². The van der Waals surface area contributed by atoms with E-state index < -0.39 is 5.41 Å². The van der Waals surface area contributed by atoms with Crippen molar-refractivity contribution in [1.82, 2.24) is 4.98 Å². The zero-order valence-electron chi connectivity index (χ0n) is 33.2. The van der Waals surface area contributed by atoms with Gasteiger partial charge in [0.25, 0.3) is 0 Å². The molecule has 0 amide bonds. The highest BCUT2D eigenvalue weighted by molar-refractivity contribution is 6.08. The Hall–Kier alpha value is -6.44. The highest BCUT2D eigenvalue weighted by atomic mass is 14.7. The molecule has 1 aromatic heterocycles. The van der Waals surface area contributed by atoms with Gasteiger partial charge < -0.3 is 4.98 Å². The van der Waals surface area contributed by atoms with Crippen LogP contribution in [0.1, 0.15) is 73.6 Å². The van der Waals surface area contributed by atoms with Crippen molar-refractivity contribution in [2.45, 2.75) is 50.9 Å². The van der Waals surface area contributed by atoms with E-state index in [4.69, 9.17) is 0 Å². The number of hydrogen-bond donors (Lipinski definition) is 1. The zero-order valence-corrected chi connectivity index (χ0v) is 33.2. The number of H-pyrrole nitrogens is 1. The summed E-state index contributed by atoms with van der Waals surface area (Å²) in [7, 11) is 0. The SMILES string of the molecule is CC(C)(C)c1cccc(-c2cc(-c3ccc4c(ccc5ccccc54)c3)[nH]c2-c2cccc3c2C(C)(C)c2ccccc2C32c3ccccc3-c3ccccc32)c1. The van der Waals surface area contributed by atoms with Crippen molar-refractivity contribution in [3.8, 4) is 44.8 Å². The normalized spacial score (nSPS) is 14.7. The lowest BCUT2D eigenvalue weighted by atomic mass is 9.54. The number of nitrogens with one attached hydrogen (secondary N) is 1. The number of aromatic amines is 1. The summed E-state index contributed by atoms with van der Waals surface area (Å²) in [4.78, 5) is 4.10. The fourth-order valence-electron chi connectivity index (χ4n) is 10.6. The highest BCUT2D eigenvalue weighted by Gasteiger charge is 2.54. The Morgan fingerprint density at radius 3 is 1.77 bits per heavy atom. The molecule has 1 heteroatoms. The third kappa shape index (κ3) is 4.75. The highest BCUT2D eigenvalue weighted by Crippen LogP contribution is 2.63. The molecule has 0 radical (unpaired) electrons. The fourth-order valence-corrected chi connectivity index (χ4v) is 10.6. The summed E-state index contributed by atoms with van der Waals surface area (Å²) < 4.78 is 0. The summed E-state index contributed by atoms with van der Waals surface area (Å²) in [5.41, 5.74) is 18.6. The van der Waals surface area contributed by atoms with E-state index in [-0.39, 0.29) is 10.8 Å². The Kier molecular flexibility index (Phi) is 7.15. The first-order valence-electron chi connectivity index (χ1n) is 20.4. The molecule has 0 atom stereocenters. The van der Waals surface area contributed by atoms with Gasteiger partial charge in [-0.15, -0.1) is 0 Å².